The smallest absolute Gasteiger partial charge is 0.136 e. The van der Waals surface area contributed by atoms with E-state index in [1.54, 1.807) is 0 Å². The van der Waals surface area contributed by atoms with E-state index in [4.69, 9.17) is 0 Å². The molecule has 0 aliphatic rings. The van der Waals surface area contributed by atoms with Gasteiger partial charge in [-0.2, -0.15) is 0 Å². The third-order valence-electron chi connectivity index (χ3n) is 2.12. The van der Waals surface area contributed by atoms with Gasteiger partial charge in [0.05, 0.1) is 0 Å². The molecule has 15 heavy (non-hydrogen) atoms. The molecule has 1 aromatic heterocycles. The number of aliphatic imine (C=N–C) groups is 1. The van der Waals surface area contributed by atoms with Crippen LogP contribution in [0.2, 0.25) is 0 Å². The van der Waals surface area contributed by atoms with Crippen molar-refractivity contribution >= 4 is 5.84 Å². The van der Waals surface area contributed by atoms with Crippen molar-refractivity contribution in [1.82, 2.24) is 4.57 Å². The Balaban J connectivity index is 3.27. The third kappa shape index (κ3) is 2.69. The highest BCUT2D eigenvalue weighted by atomic mass is 15.1. The first kappa shape index (κ1) is 11.5. The zero-order valence-corrected chi connectivity index (χ0v) is 9.91. The Labute approximate surface area is 91.7 Å². The first-order valence-electron chi connectivity index (χ1n) is 5.08. The highest BCUT2D eigenvalue weighted by molar-refractivity contribution is 5.96. The Hall–Kier alpha value is -1.57. The van der Waals surface area contributed by atoms with Crippen LogP contribution in [-0.2, 0) is 0 Å². The van der Waals surface area contributed by atoms with Crippen LogP contribution in [0.4, 0.5) is 0 Å². The summed E-state index contributed by atoms with van der Waals surface area (Å²) in [5, 5.41) is 0. The van der Waals surface area contributed by atoms with Gasteiger partial charge >= 0.3 is 0 Å². The number of aryl methyl sites for hydroxylation is 2. The molecule has 0 fully saturated rings. The van der Waals surface area contributed by atoms with Crippen molar-refractivity contribution in [3.8, 4) is 0 Å². The van der Waals surface area contributed by atoms with Gasteiger partial charge in [0, 0.05) is 17.1 Å². The predicted octanol–water partition coefficient (Wildman–Crippen LogP) is 3.46. The molecule has 1 rings (SSSR count). The van der Waals surface area contributed by atoms with Crippen LogP contribution in [0.1, 0.15) is 25.2 Å². The van der Waals surface area contributed by atoms with E-state index in [0.717, 1.165) is 11.5 Å². The van der Waals surface area contributed by atoms with E-state index < -0.39 is 0 Å². The lowest BCUT2D eigenvalue weighted by Crippen LogP contribution is -2.12. The van der Waals surface area contributed by atoms with E-state index in [1.807, 2.05) is 26.0 Å². The fourth-order valence-corrected chi connectivity index (χ4v) is 1.54. The quantitative estimate of drug-likeness (QED) is 0.516. The molecule has 0 saturated carbocycles. The van der Waals surface area contributed by atoms with E-state index in [2.05, 4.69) is 42.1 Å². The Morgan fingerprint density at radius 2 is 1.87 bits per heavy atom. The monoisotopic (exact) mass is 202 g/mol. The normalized spacial score (nSPS) is 12.4. The highest BCUT2D eigenvalue weighted by Gasteiger charge is 2.04. The molecule has 0 saturated heterocycles. The Morgan fingerprint density at radius 3 is 2.27 bits per heavy atom. The second-order valence-electron chi connectivity index (χ2n) is 3.66. The first-order valence-corrected chi connectivity index (χ1v) is 5.08. The lowest BCUT2D eigenvalue weighted by molar-refractivity contribution is 1.02. The maximum atomic E-state index is 4.43. The van der Waals surface area contributed by atoms with Gasteiger partial charge in [0.2, 0.25) is 0 Å². The summed E-state index contributed by atoms with van der Waals surface area (Å²) in [6, 6.07) is 4.18. The molecular formula is C13H18N2. The SMILES string of the molecule is C=C(C)N=C(/C=C\C)n1c(C)ccc1C. The van der Waals surface area contributed by atoms with Crippen LogP contribution in [0.15, 0.2) is 41.6 Å². The zero-order chi connectivity index (χ0) is 11.4. The highest BCUT2D eigenvalue weighted by Crippen LogP contribution is 2.09. The maximum absolute atomic E-state index is 4.43. The van der Waals surface area contributed by atoms with Crippen LogP contribution >= 0.6 is 0 Å². The van der Waals surface area contributed by atoms with Crippen LogP contribution in [-0.4, -0.2) is 10.4 Å². The van der Waals surface area contributed by atoms with Gasteiger partial charge in [-0.05, 0) is 45.9 Å². The molecule has 0 radical (unpaired) electrons. The number of hydrogen-bond acceptors (Lipinski definition) is 1. The van der Waals surface area contributed by atoms with E-state index in [0.29, 0.717) is 0 Å². The van der Waals surface area contributed by atoms with Gasteiger partial charge in [-0.1, -0.05) is 12.7 Å². The lowest BCUT2D eigenvalue weighted by atomic mass is 10.4. The van der Waals surface area contributed by atoms with Crippen LogP contribution in [0.25, 0.3) is 0 Å². The van der Waals surface area contributed by atoms with Gasteiger partial charge in [0.15, 0.2) is 0 Å². The van der Waals surface area contributed by atoms with E-state index in [9.17, 15) is 0 Å². The van der Waals surface area contributed by atoms with Gasteiger partial charge in [-0.15, -0.1) is 0 Å². The van der Waals surface area contributed by atoms with Crippen LogP contribution in [0.3, 0.4) is 0 Å². The molecule has 0 bridgehead atoms. The summed E-state index contributed by atoms with van der Waals surface area (Å²) < 4.78 is 2.12. The summed E-state index contributed by atoms with van der Waals surface area (Å²) in [6.07, 6.45) is 3.98. The minimum atomic E-state index is 0.815. The average Bonchev–Trinajstić information content (AvgIpc) is 2.45. The second-order valence-corrected chi connectivity index (χ2v) is 3.66. The van der Waals surface area contributed by atoms with E-state index >= 15 is 0 Å². The molecule has 80 valence electrons. The van der Waals surface area contributed by atoms with Crippen molar-refractivity contribution < 1.29 is 0 Å². The van der Waals surface area contributed by atoms with Gasteiger partial charge in [-0.25, -0.2) is 4.99 Å². The maximum Gasteiger partial charge on any atom is 0.136 e. The molecule has 2 heteroatoms. The summed E-state index contributed by atoms with van der Waals surface area (Å²) in [4.78, 5) is 4.43. The number of allylic oxidation sites excluding steroid dienone is 3. The number of rotatable bonds is 2. The molecular weight excluding hydrogens is 184 g/mol. The van der Waals surface area contributed by atoms with Crippen molar-refractivity contribution in [3.05, 3.63) is 47.9 Å². The number of hydrogen-bond donors (Lipinski definition) is 0. The average molecular weight is 202 g/mol. The van der Waals surface area contributed by atoms with Crippen molar-refractivity contribution in [2.24, 2.45) is 4.99 Å². The van der Waals surface area contributed by atoms with Gasteiger partial charge in [0.25, 0.3) is 0 Å². The second kappa shape index (κ2) is 4.78. The summed E-state index contributed by atoms with van der Waals surface area (Å²) in [7, 11) is 0. The summed E-state index contributed by atoms with van der Waals surface area (Å²) in [5.74, 6) is 0.921. The fraction of sp³-hybridized carbons (Fsp3) is 0.308. The zero-order valence-electron chi connectivity index (χ0n) is 9.91. The molecule has 1 heterocycles. The minimum absolute atomic E-state index is 0.815. The molecule has 0 aromatic carbocycles. The van der Waals surface area contributed by atoms with Crippen LogP contribution in [0, 0.1) is 13.8 Å². The molecule has 0 atom stereocenters. The van der Waals surface area contributed by atoms with Crippen molar-refractivity contribution in [3.63, 3.8) is 0 Å². The van der Waals surface area contributed by atoms with Crippen LogP contribution in [0.5, 0.6) is 0 Å². The van der Waals surface area contributed by atoms with Gasteiger partial charge in [0.1, 0.15) is 5.84 Å². The summed E-state index contributed by atoms with van der Waals surface area (Å²) in [6.45, 7) is 11.8. The molecule has 0 aliphatic heterocycles. The molecule has 0 N–H and O–H groups in total. The number of aromatic nitrogens is 1. The molecule has 0 amide bonds. The summed E-state index contributed by atoms with van der Waals surface area (Å²) >= 11 is 0. The lowest BCUT2D eigenvalue weighted by Gasteiger charge is -2.09. The van der Waals surface area contributed by atoms with Crippen molar-refractivity contribution in [2.75, 3.05) is 0 Å². The fourth-order valence-electron chi connectivity index (χ4n) is 1.54. The Bertz CT molecular complexity index is 400. The van der Waals surface area contributed by atoms with Gasteiger partial charge < -0.3 is 4.57 Å². The Kier molecular flexibility index (Phi) is 3.67. The van der Waals surface area contributed by atoms with E-state index in [-0.39, 0.29) is 0 Å². The van der Waals surface area contributed by atoms with Gasteiger partial charge in [-0.3, -0.25) is 0 Å². The standard InChI is InChI=1S/C13H18N2/c1-6-7-13(14-10(2)3)15-11(4)8-9-12(15)5/h6-9H,2H2,1,3-5H3/b7-6-,14-13?. The predicted molar refractivity (Wildman–Crippen MR) is 66.4 cm³/mol. The Morgan fingerprint density at radius 1 is 1.33 bits per heavy atom. The first-order chi connectivity index (χ1) is 7.06. The molecule has 2 nitrogen and oxygen atoms in total. The third-order valence-corrected chi connectivity index (χ3v) is 2.12. The number of nitrogens with zero attached hydrogens (tertiary/aromatic N) is 2. The van der Waals surface area contributed by atoms with Crippen LogP contribution < -0.4 is 0 Å². The minimum Gasteiger partial charge on any atom is -0.303 e. The molecule has 1 aromatic rings. The van der Waals surface area contributed by atoms with E-state index in [1.165, 1.54) is 11.4 Å². The summed E-state index contributed by atoms with van der Waals surface area (Å²) in [5.41, 5.74) is 3.19. The topological polar surface area (TPSA) is 17.3 Å². The van der Waals surface area contributed by atoms with Crippen molar-refractivity contribution in [1.29, 1.82) is 0 Å². The molecule has 0 aliphatic carbocycles. The largest absolute Gasteiger partial charge is 0.303 e. The molecule has 0 spiro atoms. The van der Waals surface area contributed by atoms with Crippen molar-refractivity contribution in [2.45, 2.75) is 27.7 Å². The molecule has 0 unspecified atom stereocenters.